The van der Waals surface area contributed by atoms with Crippen molar-refractivity contribution in [2.24, 2.45) is 7.05 Å². The van der Waals surface area contributed by atoms with Crippen LogP contribution >= 0.6 is 11.6 Å². The number of benzene rings is 1. The van der Waals surface area contributed by atoms with Gasteiger partial charge in [-0.15, -0.1) is 0 Å². The molecule has 2 aromatic rings. The number of aryl methyl sites for hydroxylation is 1. The molecule has 0 bridgehead atoms. The highest BCUT2D eigenvalue weighted by atomic mass is 35.5. The number of hydrogen-bond donors (Lipinski definition) is 1. The van der Waals surface area contributed by atoms with Crippen LogP contribution in [0.4, 0.5) is 11.4 Å². The summed E-state index contributed by atoms with van der Waals surface area (Å²) in [6.07, 6.45) is 0. The van der Waals surface area contributed by atoms with Gasteiger partial charge in [0.05, 0.1) is 28.8 Å². The Morgan fingerprint density at radius 1 is 1.50 bits per heavy atom. The third-order valence-corrected chi connectivity index (χ3v) is 3.58. The fraction of sp³-hybridized carbons (Fsp3) is 0.231. The van der Waals surface area contributed by atoms with Gasteiger partial charge in [0.2, 0.25) is 0 Å². The maximum Gasteiger partial charge on any atom is 0.296 e. The third-order valence-electron chi connectivity index (χ3n) is 3.13. The molecule has 9 heteroatoms. The van der Waals surface area contributed by atoms with E-state index in [0.717, 1.165) is 0 Å². The van der Waals surface area contributed by atoms with Crippen molar-refractivity contribution in [3.8, 4) is 5.75 Å². The molecule has 22 heavy (non-hydrogen) atoms. The Morgan fingerprint density at radius 2 is 2.18 bits per heavy atom. The van der Waals surface area contributed by atoms with E-state index in [-0.39, 0.29) is 22.1 Å². The summed E-state index contributed by atoms with van der Waals surface area (Å²) in [5.74, 6) is -0.307. The van der Waals surface area contributed by atoms with Crippen molar-refractivity contribution < 1.29 is 14.5 Å². The molecule has 116 valence electrons. The van der Waals surface area contributed by atoms with Gasteiger partial charge in [-0.3, -0.25) is 19.6 Å². The summed E-state index contributed by atoms with van der Waals surface area (Å²) in [6.45, 7) is 1.71. The number of nitrogens with zero attached hydrogens (tertiary/aromatic N) is 3. The van der Waals surface area contributed by atoms with Gasteiger partial charge in [-0.25, -0.2) is 0 Å². The monoisotopic (exact) mass is 324 g/mol. The van der Waals surface area contributed by atoms with Gasteiger partial charge in [-0.1, -0.05) is 11.6 Å². The first-order valence-corrected chi connectivity index (χ1v) is 6.55. The van der Waals surface area contributed by atoms with Crippen molar-refractivity contribution in [3.05, 3.63) is 44.7 Å². The summed E-state index contributed by atoms with van der Waals surface area (Å²) in [5, 5.41) is 17.7. The van der Waals surface area contributed by atoms with E-state index in [1.165, 1.54) is 30.0 Å². The van der Waals surface area contributed by atoms with Crippen LogP contribution in [0.15, 0.2) is 18.2 Å². The highest BCUT2D eigenvalue weighted by molar-refractivity contribution is 6.34. The maximum absolute atomic E-state index is 12.2. The average molecular weight is 325 g/mol. The summed E-state index contributed by atoms with van der Waals surface area (Å²) >= 11 is 6.03. The van der Waals surface area contributed by atoms with Gasteiger partial charge in [0.25, 0.3) is 11.6 Å². The number of carbonyl (C=O) groups excluding carboxylic acids is 1. The minimum absolute atomic E-state index is 0.00628. The summed E-state index contributed by atoms with van der Waals surface area (Å²) in [4.78, 5) is 22.7. The number of anilines is 1. The van der Waals surface area contributed by atoms with Crippen molar-refractivity contribution in [2.75, 3.05) is 12.4 Å². The van der Waals surface area contributed by atoms with Crippen LogP contribution in [0, 0.1) is 17.0 Å². The molecule has 1 amide bonds. The van der Waals surface area contributed by atoms with Crippen LogP contribution in [0.25, 0.3) is 0 Å². The molecule has 0 spiro atoms. The van der Waals surface area contributed by atoms with Crippen molar-refractivity contribution >= 4 is 28.9 Å². The van der Waals surface area contributed by atoms with Crippen LogP contribution < -0.4 is 10.1 Å². The second-order valence-electron chi connectivity index (χ2n) is 4.47. The standard InChI is InChI=1S/C13H13ClN4O4/c1-7-11(14)12(16-17(7)2)13(19)15-9-5-4-8(22-3)6-10(9)18(20)21/h4-6H,1-3H3,(H,15,19). The normalized spacial score (nSPS) is 10.4. The van der Waals surface area contributed by atoms with E-state index in [1.54, 1.807) is 14.0 Å². The summed E-state index contributed by atoms with van der Waals surface area (Å²) in [7, 11) is 3.04. The minimum Gasteiger partial charge on any atom is -0.496 e. The van der Waals surface area contributed by atoms with Crippen LogP contribution in [-0.4, -0.2) is 27.7 Å². The molecular formula is C13H13ClN4O4. The lowest BCUT2D eigenvalue weighted by molar-refractivity contribution is -0.384. The first-order valence-electron chi connectivity index (χ1n) is 6.18. The van der Waals surface area contributed by atoms with Crippen molar-refractivity contribution in [1.29, 1.82) is 0 Å². The number of amides is 1. The number of ether oxygens (including phenoxy) is 1. The van der Waals surface area contributed by atoms with E-state index in [4.69, 9.17) is 16.3 Å². The molecule has 0 saturated heterocycles. The quantitative estimate of drug-likeness (QED) is 0.688. The third kappa shape index (κ3) is 2.86. The van der Waals surface area contributed by atoms with E-state index in [9.17, 15) is 14.9 Å². The van der Waals surface area contributed by atoms with E-state index in [2.05, 4.69) is 10.4 Å². The average Bonchev–Trinajstić information content (AvgIpc) is 2.75. The molecule has 0 radical (unpaired) electrons. The van der Waals surface area contributed by atoms with Gasteiger partial charge >= 0.3 is 0 Å². The number of nitro benzene ring substituents is 1. The number of nitrogens with one attached hydrogen (secondary N) is 1. The fourth-order valence-electron chi connectivity index (χ4n) is 1.80. The molecule has 1 heterocycles. The second-order valence-corrected chi connectivity index (χ2v) is 4.84. The molecule has 0 unspecified atom stereocenters. The van der Waals surface area contributed by atoms with Crippen molar-refractivity contribution in [1.82, 2.24) is 9.78 Å². The molecule has 8 nitrogen and oxygen atoms in total. The molecule has 0 aliphatic heterocycles. The Kier molecular flexibility index (Phi) is 4.32. The highest BCUT2D eigenvalue weighted by Gasteiger charge is 2.22. The van der Waals surface area contributed by atoms with E-state index in [1.807, 2.05) is 0 Å². The zero-order valence-electron chi connectivity index (χ0n) is 12.1. The van der Waals surface area contributed by atoms with Gasteiger partial charge in [0.1, 0.15) is 11.4 Å². The molecular weight excluding hydrogens is 312 g/mol. The maximum atomic E-state index is 12.2. The lowest BCUT2D eigenvalue weighted by Crippen LogP contribution is -2.14. The van der Waals surface area contributed by atoms with Gasteiger partial charge in [0.15, 0.2) is 5.69 Å². The van der Waals surface area contributed by atoms with Crippen LogP contribution in [0.2, 0.25) is 5.02 Å². The number of hydrogen-bond acceptors (Lipinski definition) is 5. The molecule has 0 fully saturated rings. The molecule has 0 aliphatic carbocycles. The van der Waals surface area contributed by atoms with E-state index in [0.29, 0.717) is 11.4 Å². The number of methoxy groups -OCH3 is 1. The zero-order valence-corrected chi connectivity index (χ0v) is 12.8. The van der Waals surface area contributed by atoms with Gasteiger partial charge in [-0.2, -0.15) is 5.10 Å². The smallest absolute Gasteiger partial charge is 0.296 e. The van der Waals surface area contributed by atoms with Crippen LogP contribution in [-0.2, 0) is 7.05 Å². The largest absolute Gasteiger partial charge is 0.496 e. The molecule has 0 atom stereocenters. The minimum atomic E-state index is -0.623. The van der Waals surface area contributed by atoms with Crippen LogP contribution in [0.3, 0.4) is 0 Å². The fourth-order valence-corrected chi connectivity index (χ4v) is 2.05. The number of aromatic nitrogens is 2. The predicted octanol–water partition coefficient (Wildman–Crippen LogP) is 2.55. The lowest BCUT2D eigenvalue weighted by atomic mass is 10.2. The summed E-state index contributed by atoms with van der Waals surface area (Å²) in [6, 6.07) is 4.12. The number of rotatable bonds is 4. The SMILES string of the molecule is COc1ccc(NC(=O)c2nn(C)c(C)c2Cl)c([N+](=O)[O-])c1. The van der Waals surface area contributed by atoms with Gasteiger partial charge in [-0.05, 0) is 19.1 Å². The van der Waals surface area contributed by atoms with Crippen LogP contribution in [0.5, 0.6) is 5.75 Å². The Bertz CT molecular complexity index is 757. The molecule has 0 saturated carbocycles. The number of carbonyl (C=O) groups is 1. The van der Waals surface area contributed by atoms with Crippen LogP contribution in [0.1, 0.15) is 16.2 Å². The van der Waals surface area contributed by atoms with E-state index >= 15 is 0 Å². The molecule has 1 aromatic carbocycles. The van der Waals surface area contributed by atoms with Crippen molar-refractivity contribution in [3.63, 3.8) is 0 Å². The summed E-state index contributed by atoms with van der Waals surface area (Å²) in [5.41, 5.74) is 0.384. The number of nitro groups is 1. The Hall–Kier alpha value is -2.61. The van der Waals surface area contributed by atoms with Gasteiger partial charge in [0, 0.05) is 7.05 Å². The van der Waals surface area contributed by atoms with Gasteiger partial charge < -0.3 is 10.1 Å². The topological polar surface area (TPSA) is 99.3 Å². The lowest BCUT2D eigenvalue weighted by Gasteiger charge is -2.06. The van der Waals surface area contributed by atoms with E-state index < -0.39 is 10.8 Å². The molecule has 1 N–H and O–H groups in total. The summed E-state index contributed by atoms with van der Waals surface area (Å²) < 4.78 is 6.39. The highest BCUT2D eigenvalue weighted by Crippen LogP contribution is 2.30. The van der Waals surface area contributed by atoms with Crippen molar-refractivity contribution in [2.45, 2.75) is 6.92 Å². The predicted molar refractivity (Wildman–Crippen MR) is 80.6 cm³/mol. The second kappa shape index (κ2) is 6.02. The molecule has 0 aliphatic rings. The first-order chi connectivity index (χ1) is 10.3. The molecule has 2 rings (SSSR count). The number of halogens is 1. The first kappa shape index (κ1) is 15.8. The Balaban J connectivity index is 2.36. The Morgan fingerprint density at radius 3 is 2.68 bits per heavy atom. The Labute approximate surface area is 130 Å². The molecule has 1 aromatic heterocycles. The zero-order chi connectivity index (χ0) is 16.4.